The van der Waals surface area contributed by atoms with Crippen molar-refractivity contribution >= 4 is 11.8 Å². The Morgan fingerprint density at radius 1 is 1.33 bits per heavy atom. The molecule has 0 bridgehead atoms. The van der Waals surface area contributed by atoms with Crippen LogP contribution in [0.15, 0.2) is 0 Å². The maximum absolute atomic E-state index is 11.6. The monoisotopic (exact) mass is 214 g/mol. The summed E-state index contributed by atoms with van der Waals surface area (Å²) in [5, 5.41) is 9.09. The van der Waals surface area contributed by atoms with E-state index in [1.807, 2.05) is 11.8 Å². The Labute approximate surface area is 89.7 Å². The van der Waals surface area contributed by atoms with Crippen LogP contribution in [0.5, 0.6) is 0 Å². The molecule has 0 radical (unpaired) electrons. The van der Waals surface area contributed by atoms with Gasteiger partial charge >= 0.3 is 0 Å². The molecule has 1 atom stereocenters. The van der Waals surface area contributed by atoms with E-state index in [9.17, 15) is 9.59 Å². The largest absolute Gasteiger partial charge is 0.393 e. The maximum Gasteiger partial charge on any atom is 0.243 e. The molecule has 1 saturated heterocycles. The summed E-state index contributed by atoms with van der Waals surface area (Å²) < 4.78 is 0. The first kappa shape index (κ1) is 12.1. The molecule has 5 heteroatoms. The molecule has 1 aliphatic heterocycles. The number of piperazine rings is 1. The van der Waals surface area contributed by atoms with Gasteiger partial charge in [0.05, 0.1) is 19.2 Å². The molecule has 1 unspecified atom stereocenters. The summed E-state index contributed by atoms with van der Waals surface area (Å²) in [6.45, 7) is 5.22. The topological polar surface area (TPSA) is 60.9 Å². The molecule has 86 valence electrons. The Balaban J connectivity index is 2.51. The molecule has 0 saturated carbocycles. The number of imide groups is 1. The first-order valence-electron chi connectivity index (χ1n) is 5.28. The van der Waals surface area contributed by atoms with Gasteiger partial charge in [0, 0.05) is 6.54 Å². The van der Waals surface area contributed by atoms with Crippen LogP contribution in [0.4, 0.5) is 0 Å². The smallest absolute Gasteiger partial charge is 0.243 e. The number of aliphatic hydroxyl groups is 1. The summed E-state index contributed by atoms with van der Waals surface area (Å²) in [5.41, 5.74) is 0. The molecule has 1 aliphatic rings. The summed E-state index contributed by atoms with van der Waals surface area (Å²) in [4.78, 5) is 26.2. The molecule has 0 aromatic rings. The van der Waals surface area contributed by atoms with Crippen LogP contribution in [0.3, 0.4) is 0 Å². The zero-order valence-electron chi connectivity index (χ0n) is 9.27. The Morgan fingerprint density at radius 3 is 2.27 bits per heavy atom. The van der Waals surface area contributed by atoms with Gasteiger partial charge in [-0.2, -0.15) is 0 Å². The molecular formula is C10H18N2O3. The third kappa shape index (κ3) is 3.28. The van der Waals surface area contributed by atoms with Crippen molar-refractivity contribution in [2.45, 2.75) is 26.4 Å². The van der Waals surface area contributed by atoms with Crippen LogP contribution in [0.25, 0.3) is 0 Å². The highest BCUT2D eigenvalue weighted by molar-refractivity contribution is 5.99. The number of carbonyl (C=O) groups excluding carboxylic acids is 2. The van der Waals surface area contributed by atoms with Gasteiger partial charge in [0.1, 0.15) is 0 Å². The lowest BCUT2D eigenvalue weighted by atomic mass is 10.2. The molecule has 15 heavy (non-hydrogen) atoms. The lowest BCUT2D eigenvalue weighted by molar-refractivity contribution is -0.151. The number of hydrogen-bond acceptors (Lipinski definition) is 4. The molecule has 5 nitrogen and oxygen atoms in total. The first-order chi connectivity index (χ1) is 7.04. The summed E-state index contributed by atoms with van der Waals surface area (Å²) in [6, 6.07) is 0. The average Bonchev–Trinajstić information content (AvgIpc) is 2.15. The zero-order chi connectivity index (χ0) is 11.4. The van der Waals surface area contributed by atoms with Crippen molar-refractivity contribution in [3.05, 3.63) is 0 Å². The minimum absolute atomic E-state index is 0.159. The fourth-order valence-corrected chi connectivity index (χ4v) is 1.54. The van der Waals surface area contributed by atoms with Crippen molar-refractivity contribution in [3.63, 3.8) is 0 Å². The minimum Gasteiger partial charge on any atom is -0.393 e. The number of hydrogen-bond donors (Lipinski definition) is 1. The lowest BCUT2D eigenvalue weighted by Crippen LogP contribution is -2.54. The van der Waals surface area contributed by atoms with Crippen LogP contribution in [-0.4, -0.2) is 59.0 Å². The van der Waals surface area contributed by atoms with Gasteiger partial charge in [-0.3, -0.25) is 19.4 Å². The van der Waals surface area contributed by atoms with Crippen LogP contribution in [-0.2, 0) is 9.59 Å². The lowest BCUT2D eigenvalue weighted by Gasteiger charge is -2.32. The van der Waals surface area contributed by atoms with Crippen molar-refractivity contribution in [1.82, 2.24) is 9.80 Å². The SMILES string of the molecule is CCN1CC(=O)N(CCC(C)O)C(=O)C1. The van der Waals surface area contributed by atoms with E-state index in [4.69, 9.17) is 5.11 Å². The standard InChI is InChI=1S/C10H18N2O3/c1-3-11-6-9(14)12(10(15)7-11)5-4-8(2)13/h8,13H,3-7H2,1-2H3. The summed E-state index contributed by atoms with van der Waals surface area (Å²) in [5.74, 6) is -0.317. The molecule has 0 spiro atoms. The second-order valence-electron chi connectivity index (χ2n) is 3.88. The van der Waals surface area contributed by atoms with Gasteiger partial charge in [-0.25, -0.2) is 0 Å². The Bertz CT molecular complexity index is 235. The van der Waals surface area contributed by atoms with Crippen molar-refractivity contribution in [2.75, 3.05) is 26.2 Å². The van der Waals surface area contributed by atoms with Gasteiger partial charge in [0.25, 0.3) is 0 Å². The predicted octanol–water partition coefficient (Wildman–Crippen LogP) is -0.552. The van der Waals surface area contributed by atoms with Crippen molar-refractivity contribution in [3.8, 4) is 0 Å². The molecule has 0 aromatic heterocycles. The molecule has 1 fully saturated rings. The van der Waals surface area contributed by atoms with Gasteiger partial charge < -0.3 is 5.11 Å². The van der Waals surface area contributed by atoms with E-state index >= 15 is 0 Å². The van der Waals surface area contributed by atoms with Gasteiger partial charge in [-0.05, 0) is 19.9 Å². The number of likely N-dealkylation sites (N-methyl/N-ethyl adjacent to an activating group) is 1. The minimum atomic E-state index is -0.477. The average molecular weight is 214 g/mol. The molecule has 0 aliphatic carbocycles. The molecule has 0 aromatic carbocycles. The highest BCUT2D eigenvalue weighted by Crippen LogP contribution is 2.06. The van der Waals surface area contributed by atoms with Crippen LogP contribution >= 0.6 is 0 Å². The van der Waals surface area contributed by atoms with Crippen LogP contribution in [0.2, 0.25) is 0 Å². The number of rotatable bonds is 4. The highest BCUT2D eigenvalue weighted by atomic mass is 16.3. The number of carbonyl (C=O) groups is 2. The fraction of sp³-hybridized carbons (Fsp3) is 0.800. The Kier molecular flexibility index (Phi) is 4.23. The summed E-state index contributed by atoms with van der Waals surface area (Å²) in [6.07, 6.45) is -0.0290. The van der Waals surface area contributed by atoms with Crippen LogP contribution < -0.4 is 0 Å². The maximum atomic E-state index is 11.6. The van der Waals surface area contributed by atoms with Gasteiger partial charge in [0.2, 0.25) is 11.8 Å². The molecular weight excluding hydrogens is 196 g/mol. The molecule has 1 N–H and O–H groups in total. The highest BCUT2D eigenvalue weighted by Gasteiger charge is 2.29. The fourth-order valence-electron chi connectivity index (χ4n) is 1.54. The summed E-state index contributed by atoms with van der Waals surface area (Å²) >= 11 is 0. The number of amides is 2. The van der Waals surface area contributed by atoms with Crippen molar-refractivity contribution in [1.29, 1.82) is 0 Å². The van der Waals surface area contributed by atoms with Crippen molar-refractivity contribution in [2.24, 2.45) is 0 Å². The van der Waals surface area contributed by atoms with Crippen LogP contribution in [0.1, 0.15) is 20.3 Å². The number of aliphatic hydroxyl groups excluding tert-OH is 1. The Morgan fingerprint density at radius 2 is 1.87 bits per heavy atom. The van der Waals surface area contributed by atoms with Crippen molar-refractivity contribution < 1.29 is 14.7 Å². The summed E-state index contributed by atoms with van der Waals surface area (Å²) in [7, 11) is 0. The molecule has 2 amide bonds. The van der Waals surface area contributed by atoms with Crippen LogP contribution in [0, 0.1) is 0 Å². The van der Waals surface area contributed by atoms with Gasteiger partial charge in [-0.15, -0.1) is 0 Å². The second kappa shape index (κ2) is 5.23. The number of nitrogens with zero attached hydrogens (tertiary/aromatic N) is 2. The van der Waals surface area contributed by atoms with E-state index in [0.717, 1.165) is 0 Å². The zero-order valence-corrected chi connectivity index (χ0v) is 9.27. The Hall–Kier alpha value is -0.940. The van der Waals surface area contributed by atoms with Gasteiger partial charge in [0.15, 0.2) is 0 Å². The van der Waals surface area contributed by atoms with Gasteiger partial charge in [-0.1, -0.05) is 6.92 Å². The third-order valence-corrected chi connectivity index (χ3v) is 2.54. The van der Waals surface area contributed by atoms with E-state index in [0.29, 0.717) is 32.6 Å². The molecule has 1 rings (SSSR count). The quantitative estimate of drug-likeness (QED) is 0.638. The second-order valence-corrected chi connectivity index (χ2v) is 3.88. The predicted molar refractivity (Wildman–Crippen MR) is 55.1 cm³/mol. The van der Waals surface area contributed by atoms with E-state index in [1.165, 1.54) is 4.90 Å². The van der Waals surface area contributed by atoms with E-state index in [1.54, 1.807) is 6.92 Å². The normalized spacial score (nSPS) is 20.9. The van der Waals surface area contributed by atoms with E-state index in [-0.39, 0.29) is 11.8 Å². The molecule has 1 heterocycles. The van der Waals surface area contributed by atoms with E-state index < -0.39 is 6.10 Å². The van der Waals surface area contributed by atoms with E-state index in [2.05, 4.69) is 0 Å². The first-order valence-corrected chi connectivity index (χ1v) is 5.28. The third-order valence-electron chi connectivity index (χ3n) is 2.54.